The molecule has 5 nitrogen and oxygen atoms in total. The van der Waals surface area contributed by atoms with Gasteiger partial charge in [-0.15, -0.1) is 0 Å². The Morgan fingerprint density at radius 1 is 1.47 bits per heavy atom. The Kier molecular flexibility index (Phi) is 4.47. The summed E-state index contributed by atoms with van der Waals surface area (Å²) in [6.45, 7) is 5.50. The molecule has 5 heteroatoms. The molecule has 19 heavy (non-hydrogen) atoms. The highest BCUT2D eigenvalue weighted by atomic mass is 16.5. The number of nitrogens with zero attached hydrogens (tertiary/aromatic N) is 2. The molecule has 106 valence electrons. The molecule has 2 rings (SSSR count). The van der Waals surface area contributed by atoms with Crippen molar-refractivity contribution in [1.29, 1.82) is 0 Å². The maximum Gasteiger partial charge on any atom is 0.239 e. The number of aromatic nitrogens is 1. The molecule has 0 amide bonds. The van der Waals surface area contributed by atoms with E-state index < -0.39 is 0 Å². The first-order valence-electron chi connectivity index (χ1n) is 6.88. The summed E-state index contributed by atoms with van der Waals surface area (Å²) in [5.74, 6) is 1.76. The van der Waals surface area contributed by atoms with Gasteiger partial charge < -0.3 is 20.5 Å². The van der Waals surface area contributed by atoms with Crippen molar-refractivity contribution in [1.82, 2.24) is 4.98 Å². The number of aliphatic hydroxyl groups is 1. The fourth-order valence-electron chi connectivity index (χ4n) is 1.94. The number of nitrogens with two attached hydrogens (primary N) is 1. The van der Waals surface area contributed by atoms with Crippen molar-refractivity contribution in [2.24, 2.45) is 5.92 Å². The minimum Gasteiger partial charge on any atom is -0.476 e. The molecule has 0 unspecified atom stereocenters. The molecule has 1 aromatic heterocycles. The summed E-state index contributed by atoms with van der Waals surface area (Å²) >= 11 is 0. The van der Waals surface area contributed by atoms with E-state index in [1.807, 2.05) is 12.1 Å². The third-order valence-corrected chi connectivity index (χ3v) is 3.05. The predicted octanol–water partition coefficient (Wildman–Crippen LogP) is 1.66. The van der Waals surface area contributed by atoms with E-state index in [-0.39, 0.29) is 6.61 Å². The second-order valence-electron chi connectivity index (χ2n) is 5.42. The second kappa shape index (κ2) is 6.10. The molecule has 0 aliphatic heterocycles. The van der Waals surface area contributed by atoms with Gasteiger partial charge in [0, 0.05) is 12.6 Å². The quantitative estimate of drug-likeness (QED) is 0.784. The summed E-state index contributed by atoms with van der Waals surface area (Å²) in [7, 11) is 0. The smallest absolute Gasteiger partial charge is 0.239 e. The first-order chi connectivity index (χ1) is 9.11. The van der Waals surface area contributed by atoms with Crippen LogP contribution in [0.15, 0.2) is 12.1 Å². The molecule has 0 spiro atoms. The summed E-state index contributed by atoms with van der Waals surface area (Å²) in [5.41, 5.74) is 6.45. The number of hydrogen-bond donors (Lipinski definition) is 2. The Hall–Kier alpha value is -1.49. The van der Waals surface area contributed by atoms with Crippen LogP contribution in [0, 0.1) is 5.92 Å². The van der Waals surface area contributed by atoms with E-state index in [4.69, 9.17) is 15.6 Å². The zero-order valence-corrected chi connectivity index (χ0v) is 11.7. The molecular weight excluding hydrogens is 242 g/mol. The van der Waals surface area contributed by atoms with Crippen LogP contribution in [0.1, 0.15) is 26.7 Å². The number of rotatable bonds is 7. The summed E-state index contributed by atoms with van der Waals surface area (Å²) in [6, 6.07) is 4.22. The van der Waals surface area contributed by atoms with Gasteiger partial charge in [0.15, 0.2) is 0 Å². The summed E-state index contributed by atoms with van der Waals surface area (Å²) in [5, 5.41) is 9.15. The molecule has 0 saturated heterocycles. The number of aliphatic hydroxyl groups excluding tert-OH is 1. The van der Waals surface area contributed by atoms with Gasteiger partial charge in [-0.25, -0.2) is 0 Å². The summed E-state index contributed by atoms with van der Waals surface area (Å²) in [4.78, 5) is 6.62. The normalized spacial score (nSPS) is 14.7. The van der Waals surface area contributed by atoms with Crippen molar-refractivity contribution in [3.63, 3.8) is 0 Å². The SMILES string of the molecule is CC(C)COc1nc(N(CCO)C2CC2)ccc1N. The predicted molar refractivity (Wildman–Crippen MR) is 76.4 cm³/mol. The maximum atomic E-state index is 9.15. The Balaban J connectivity index is 2.13. The van der Waals surface area contributed by atoms with Gasteiger partial charge in [0.25, 0.3) is 0 Å². The molecule has 1 heterocycles. The van der Waals surface area contributed by atoms with E-state index in [1.165, 1.54) is 0 Å². The fourth-order valence-corrected chi connectivity index (χ4v) is 1.94. The average molecular weight is 265 g/mol. The van der Waals surface area contributed by atoms with Crippen molar-refractivity contribution in [3.05, 3.63) is 12.1 Å². The van der Waals surface area contributed by atoms with Crippen LogP contribution in [0.4, 0.5) is 11.5 Å². The average Bonchev–Trinajstić information content (AvgIpc) is 3.19. The highest BCUT2D eigenvalue weighted by Crippen LogP contribution is 2.32. The van der Waals surface area contributed by atoms with Crippen molar-refractivity contribution >= 4 is 11.5 Å². The largest absolute Gasteiger partial charge is 0.476 e. The maximum absolute atomic E-state index is 9.15. The Morgan fingerprint density at radius 3 is 2.79 bits per heavy atom. The summed E-state index contributed by atoms with van der Waals surface area (Å²) in [6.07, 6.45) is 2.32. The first-order valence-corrected chi connectivity index (χ1v) is 6.88. The number of nitrogen functional groups attached to an aromatic ring is 1. The number of ether oxygens (including phenoxy) is 1. The fraction of sp³-hybridized carbons (Fsp3) is 0.643. The van der Waals surface area contributed by atoms with Crippen LogP contribution >= 0.6 is 0 Å². The van der Waals surface area contributed by atoms with Crippen molar-refractivity contribution in [2.45, 2.75) is 32.7 Å². The molecule has 0 atom stereocenters. The molecule has 1 aliphatic rings. The van der Waals surface area contributed by atoms with Gasteiger partial charge in [0.05, 0.1) is 18.9 Å². The van der Waals surface area contributed by atoms with Crippen LogP contribution in [0.25, 0.3) is 0 Å². The van der Waals surface area contributed by atoms with Gasteiger partial charge in [-0.1, -0.05) is 13.8 Å². The highest BCUT2D eigenvalue weighted by molar-refractivity contribution is 5.55. The first kappa shape index (κ1) is 13.9. The molecule has 1 aromatic rings. The third kappa shape index (κ3) is 3.73. The van der Waals surface area contributed by atoms with Gasteiger partial charge >= 0.3 is 0 Å². The van der Waals surface area contributed by atoms with E-state index in [2.05, 4.69) is 23.7 Å². The van der Waals surface area contributed by atoms with Crippen molar-refractivity contribution < 1.29 is 9.84 Å². The Bertz CT molecular complexity index is 419. The van der Waals surface area contributed by atoms with E-state index >= 15 is 0 Å². The van der Waals surface area contributed by atoms with Gasteiger partial charge in [-0.2, -0.15) is 4.98 Å². The lowest BCUT2D eigenvalue weighted by atomic mass is 10.2. The molecule has 3 N–H and O–H groups in total. The molecule has 1 fully saturated rings. The van der Waals surface area contributed by atoms with Crippen molar-refractivity contribution in [2.75, 3.05) is 30.4 Å². The van der Waals surface area contributed by atoms with Crippen LogP contribution in [-0.4, -0.2) is 35.9 Å². The van der Waals surface area contributed by atoms with Crippen LogP contribution in [-0.2, 0) is 0 Å². The number of pyridine rings is 1. The summed E-state index contributed by atoms with van der Waals surface area (Å²) < 4.78 is 5.64. The zero-order valence-electron chi connectivity index (χ0n) is 11.7. The minimum atomic E-state index is 0.130. The van der Waals surface area contributed by atoms with Crippen LogP contribution in [0.2, 0.25) is 0 Å². The Labute approximate surface area is 114 Å². The molecule has 0 aromatic carbocycles. The highest BCUT2D eigenvalue weighted by Gasteiger charge is 2.29. The van der Waals surface area contributed by atoms with Crippen molar-refractivity contribution in [3.8, 4) is 5.88 Å². The van der Waals surface area contributed by atoms with Gasteiger partial charge in [-0.3, -0.25) is 0 Å². The lowest BCUT2D eigenvalue weighted by Gasteiger charge is -2.23. The van der Waals surface area contributed by atoms with Gasteiger partial charge in [-0.05, 0) is 30.9 Å². The minimum absolute atomic E-state index is 0.130. The van der Waals surface area contributed by atoms with E-state index in [9.17, 15) is 0 Å². The van der Waals surface area contributed by atoms with E-state index in [0.717, 1.165) is 18.7 Å². The van der Waals surface area contributed by atoms with Gasteiger partial charge in [0.2, 0.25) is 5.88 Å². The molecule has 1 aliphatic carbocycles. The monoisotopic (exact) mass is 265 g/mol. The second-order valence-corrected chi connectivity index (χ2v) is 5.42. The zero-order chi connectivity index (χ0) is 13.8. The molecule has 1 saturated carbocycles. The van der Waals surface area contributed by atoms with Crippen LogP contribution in [0.5, 0.6) is 5.88 Å². The van der Waals surface area contributed by atoms with Crippen LogP contribution in [0.3, 0.4) is 0 Å². The Morgan fingerprint density at radius 2 is 2.21 bits per heavy atom. The molecule has 0 radical (unpaired) electrons. The molecular formula is C14H23N3O2. The topological polar surface area (TPSA) is 71.6 Å². The number of anilines is 2. The lowest BCUT2D eigenvalue weighted by molar-refractivity contribution is 0.262. The molecule has 0 bridgehead atoms. The lowest BCUT2D eigenvalue weighted by Crippen LogP contribution is -2.29. The van der Waals surface area contributed by atoms with E-state index in [1.54, 1.807) is 0 Å². The van der Waals surface area contributed by atoms with E-state index in [0.29, 0.717) is 36.7 Å². The van der Waals surface area contributed by atoms with Gasteiger partial charge in [0.1, 0.15) is 5.82 Å². The van der Waals surface area contributed by atoms with Crippen LogP contribution < -0.4 is 15.4 Å². The third-order valence-electron chi connectivity index (χ3n) is 3.05. The number of hydrogen-bond acceptors (Lipinski definition) is 5. The standard InChI is InChI=1S/C14H23N3O2/c1-10(2)9-19-14-12(15)5-6-13(16-14)17(7-8-18)11-3-4-11/h5-6,10-11,18H,3-4,7-9,15H2,1-2H3.